The Kier molecular flexibility index (Phi) is 7.00. The number of aromatic nitrogens is 1. The SMILES string of the molecule is O=c1cccc([CH-]/C=C(/Cl)c2[c-]cccc2)[nH]1.[K+]. The van der Waals surface area contributed by atoms with Crippen LogP contribution in [-0.4, -0.2) is 4.98 Å². The molecular formula is C14H10ClKNO-. The minimum atomic E-state index is -0.130. The number of pyridine rings is 1. The van der Waals surface area contributed by atoms with Gasteiger partial charge in [0, 0.05) is 0 Å². The summed E-state index contributed by atoms with van der Waals surface area (Å²) in [4.78, 5) is 13.8. The van der Waals surface area contributed by atoms with Gasteiger partial charge in [0.15, 0.2) is 0 Å². The van der Waals surface area contributed by atoms with Crippen LogP contribution in [0.25, 0.3) is 5.03 Å². The zero-order chi connectivity index (χ0) is 12.1. The summed E-state index contributed by atoms with van der Waals surface area (Å²) in [5, 5.41) is 0.579. The molecular weight excluding hydrogens is 273 g/mol. The van der Waals surface area contributed by atoms with Crippen LogP contribution in [-0.2, 0) is 0 Å². The molecule has 0 atom stereocenters. The van der Waals surface area contributed by atoms with E-state index >= 15 is 0 Å². The van der Waals surface area contributed by atoms with Crippen LogP contribution in [0.1, 0.15) is 11.3 Å². The monoisotopic (exact) mass is 282 g/mol. The van der Waals surface area contributed by atoms with Crippen LogP contribution in [0.4, 0.5) is 0 Å². The largest absolute Gasteiger partial charge is 1.00 e. The van der Waals surface area contributed by atoms with Gasteiger partial charge < -0.3 is 4.98 Å². The predicted octanol–water partition coefficient (Wildman–Crippen LogP) is 0.0114. The number of nitrogens with one attached hydrogen (secondary N) is 1. The van der Waals surface area contributed by atoms with Crippen molar-refractivity contribution in [1.29, 1.82) is 0 Å². The van der Waals surface area contributed by atoms with Crippen molar-refractivity contribution in [3.05, 3.63) is 82.6 Å². The van der Waals surface area contributed by atoms with Gasteiger partial charge >= 0.3 is 51.4 Å². The van der Waals surface area contributed by atoms with Crippen molar-refractivity contribution in [3.63, 3.8) is 0 Å². The molecule has 2 nitrogen and oxygen atoms in total. The van der Waals surface area contributed by atoms with Crippen LogP contribution in [0.5, 0.6) is 0 Å². The predicted molar refractivity (Wildman–Crippen MR) is 69.6 cm³/mol. The first-order chi connectivity index (χ1) is 8.25. The Morgan fingerprint density at radius 2 is 2.11 bits per heavy atom. The minimum Gasteiger partial charge on any atom is -0.346 e. The zero-order valence-electron chi connectivity index (χ0n) is 9.98. The third-order valence-corrected chi connectivity index (χ3v) is 2.50. The maximum Gasteiger partial charge on any atom is 1.00 e. The van der Waals surface area contributed by atoms with Gasteiger partial charge in [-0.15, -0.1) is 72.1 Å². The molecule has 0 unspecified atom stereocenters. The number of hydrogen-bond donors (Lipinski definition) is 1. The van der Waals surface area contributed by atoms with Crippen LogP contribution in [0.15, 0.2) is 53.3 Å². The van der Waals surface area contributed by atoms with Crippen molar-refractivity contribution in [3.8, 4) is 0 Å². The molecule has 0 spiro atoms. The Labute approximate surface area is 154 Å². The van der Waals surface area contributed by atoms with Gasteiger partial charge in [-0.2, -0.15) is 0 Å². The van der Waals surface area contributed by atoms with Crippen molar-refractivity contribution >= 4 is 16.6 Å². The summed E-state index contributed by atoms with van der Waals surface area (Å²) < 4.78 is 0. The number of aromatic amines is 1. The minimum absolute atomic E-state index is 0. The van der Waals surface area contributed by atoms with Crippen LogP contribution in [0.3, 0.4) is 0 Å². The van der Waals surface area contributed by atoms with E-state index in [1.54, 1.807) is 30.7 Å². The molecule has 0 aliphatic rings. The van der Waals surface area contributed by atoms with E-state index in [0.717, 1.165) is 5.56 Å². The van der Waals surface area contributed by atoms with Crippen LogP contribution < -0.4 is 56.9 Å². The smallest absolute Gasteiger partial charge is 0.346 e. The molecule has 4 heteroatoms. The van der Waals surface area contributed by atoms with Crippen LogP contribution >= 0.6 is 11.6 Å². The summed E-state index contributed by atoms with van der Waals surface area (Å²) in [7, 11) is 0. The zero-order valence-corrected chi connectivity index (χ0v) is 13.9. The molecule has 0 bridgehead atoms. The molecule has 2 rings (SSSR count). The number of benzene rings is 1. The summed E-state index contributed by atoms with van der Waals surface area (Å²) in [6.07, 6.45) is 3.49. The van der Waals surface area contributed by atoms with E-state index in [1.165, 1.54) is 6.07 Å². The Morgan fingerprint density at radius 3 is 2.78 bits per heavy atom. The molecule has 0 fully saturated rings. The summed E-state index contributed by atoms with van der Waals surface area (Å²) in [5.41, 5.74) is 1.41. The molecule has 86 valence electrons. The first-order valence-electron chi connectivity index (χ1n) is 5.13. The average Bonchev–Trinajstić information content (AvgIpc) is 2.37. The van der Waals surface area contributed by atoms with Gasteiger partial charge in [0.05, 0.1) is 0 Å². The normalized spacial score (nSPS) is 10.6. The van der Waals surface area contributed by atoms with Gasteiger partial charge in [0.2, 0.25) is 5.56 Å². The number of hydrogen-bond acceptors (Lipinski definition) is 1. The molecule has 1 aromatic carbocycles. The molecule has 0 saturated heterocycles. The molecule has 18 heavy (non-hydrogen) atoms. The van der Waals surface area contributed by atoms with E-state index in [0.29, 0.717) is 10.7 Å². The number of halogens is 1. The molecule has 1 heterocycles. The van der Waals surface area contributed by atoms with Crippen LogP contribution in [0.2, 0.25) is 0 Å². The van der Waals surface area contributed by atoms with Crippen molar-refractivity contribution in [2.24, 2.45) is 0 Å². The van der Waals surface area contributed by atoms with Gasteiger partial charge in [-0.3, -0.25) is 4.79 Å². The second-order valence-corrected chi connectivity index (χ2v) is 3.84. The van der Waals surface area contributed by atoms with Crippen molar-refractivity contribution in [2.75, 3.05) is 0 Å². The van der Waals surface area contributed by atoms with Crippen molar-refractivity contribution in [1.82, 2.24) is 4.98 Å². The fourth-order valence-corrected chi connectivity index (χ4v) is 1.54. The molecule has 0 amide bonds. The molecule has 0 aliphatic heterocycles. The fourth-order valence-electron chi connectivity index (χ4n) is 1.36. The Hall–Kier alpha value is -0.294. The number of allylic oxidation sites excluding steroid dienone is 1. The number of rotatable bonds is 3. The Balaban J connectivity index is 0.00000162. The second kappa shape index (κ2) is 7.99. The summed E-state index contributed by atoms with van der Waals surface area (Å²) >= 11 is 6.10. The first-order valence-corrected chi connectivity index (χ1v) is 5.50. The van der Waals surface area contributed by atoms with E-state index in [-0.39, 0.29) is 56.9 Å². The molecule has 1 N–H and O–H groups in total. The molecule has 0 radical (unpaired) electrons. The second-order valence-electron chi connectivity index (χ2n) is 3.43. The van der Waals surface area contributed by atoms with Crippen molar-refractivity contribution in [2.45, 2.75) is 0 Å². The Bertz CT molecular complexity index is 578. The van der Waals surface area contributed by atoms with Gasteiger partial charge in [-0.25, -0.2) is 0 Å². The van der Waals surface area contributed by atoms with Crippen molar-refractivity contribution < 1.29 is 51.4 Å². The van der Waals surface area contributed by atoms with Crippen LogP contribution in [0, 0.1) is 12.5 Å². The number of H-pyrrole nitrogens is 1. The van der Waals surface area contributed by atoms with E-state index < -0.39 is 0 Å². The fraction of sp³-hybridized carbons (Fsp3) is 0. The molecule has 2 aromatic rings. The third kappa shape index (κ3) is 4.76. The molecule has 0 saturated carbocycles. The Morgan fingerprint density at radius 1 is 1.28 bits per heavy atom. The van der Waals surface area contributed by atoms with E-state index in [1.807, 2.05) is 18.2 Å². The van der Waals surface area contributed by atoms with Gasteiger partial charge in [-0.05, 0) is 11.1 Å². The first kappa shape index (κ1) is 15.8. The quantitative estimate of drug-likeness (QED) is 0.624. The van der Waals surface area contributed by atoms with Gasteiger partial charge in [0.25, 0.3) is 0 Å². The van der Waals surface area contributed by atoms with Gasteiger partial charge in [-0.1, -0.05) is 5.69 Å². The van der Waals surface area contributed by atoms with E-state index in [2.05, 4.69) is 11.1 Å². The third-order valence-electron chi connectivity index (χ3n) is 2.17. The van der Waals surface area contributed by atoms with Gasteiger partial charge in [0.1, 0.15) is 0 Å². The van der Waals surface area contributed by atoms with E-state index in [4.69, 9.17) is 11.6 Å². The van der Waals surface area contributed by atoms with E-state index in [9.17, 15) is 4.79 Å². The average molecular weight is 283 g/mol. The molecule has 1 aromatic heterocycles. The molecule has 0 aliphatic carbocycles. The summed E-state index contributed by atoms with van der Waals surface area (Å²) in [6.45, 7) is 0. The topological polar surface area (TPSA) is 32.9 Å². The summed E-state index contributed by atoms with van der Waals surface area (Å²) in [6, 6.07) is 15.4. The maximum atomic E-state index is 11.1. The standard InChI is InChI=1S/C14H10ClNO.K/c15-13(11-5-2-1-3-6-11)10-9-12-7-4-8-14(17)16-12;/h1-5,7-10H,(H,16,17);/q-2;+1/b13-10+;. The maximum absolute atomic E-state index is 11.1. The summed E-state index contributed by atoms with van der Waals surface area (Å²) in [5.74, 6) is 0.